The number of ether oxygens (including phenoxy) is 1. The molecule has 1 unspecified atom stereocenters. The lowest BCUT2D eigenvalue weighted by Crippen LogP contribution is -2.10. The molecule has 1 atom stereocenters. The average Bonchev–Trinajstić information content (AvgIpc) is 2.47. The second kappa shape index (κ2) is 4.39. The van der Waals surface area contributed by atoms with Crippen LogP contribution in [-0.2, 0) is 11.3 Å². The number of rotatable bonds is 4. The first-order valence-corrected chi connectivity index (χ1v) is 4.49. The monoisotopic (exact) mass is 183 g/mol. The van der Waals surface area contributed by atoms with E-state index in [1.165, 1.54) is 0 Å². The molecule has 1 aromatic heterocycles. The number of nitrogens with two attached hydrogens (primary N) is 1. The SMILES string of the molecule is CCC(N)c1nc(COC)c(C)[nH]1. The Morgan fingerprint density at radius 3 is 2.85 bits per heavy atom. The molecule has 0 saturated carbocycles. The number of hydrogen-bond donors (Lipinski definition) is 2. The second-order valence-electron chi connectivity index (χ2n) is 3.14. The van der Waals surface area contributed by atoms with Crippen LogP contribution in [0.2, 0.25) is 0 Å². The summed E-state index contributed by atoms with van der Waals surface area (Å²) in [5.74, 6) is 0.854. The molecular formula is C9H17N3O. The lowest BCUT2D eigenvalue weighted by molar-refractivity contribution is 0.181. The molecule has 0 saturated heterocycles. The number of aromatic nitrogens is 2. The molecule has 13 heavy (non-hydrogen) atoms. The largest absolute Gasteiger partial charge is 0.378 e. The van der Waals surface area contributed by atoms with Crippen molar-refractivity contribution in [3.05, 3.63) is 17.2 Å². The first-order valence-electron chi connectivity index (χ1n) is 4.49. The van der Waals surface area contributed by atoms with Gasteiger partial charge in [0.25, 0.3) is 0 Å². The summed E-state index contributed by atoms with van der Waals surface area (Å²) < 4.78 is 5.01. The summed E-state index contributed by atoms with van der Waals surface area (Å²) in [4.78, 5) is 7.53. The second-order valence-corrected chi connectivity index (χ2v) is 3.14. The molecule has 0 fully saturated rings. The highest BCUT2D eigenvalue weighted by Crippen LogP contribution is 2.13. The Morgan fingerprint density at radius 2 is 2.31 bits per heavy atom. The van der Waals surface area contributed by atoms with Crippen LogP contribution in [0.3, 0.4) is 0 Å². The Labute approximate surface area is 78.5 Å². The van der Waals surface area contributed by atoms with Gasteiger partial charge in [0, 0.05) is 12.8 Å². The Hall–Kier alpha value is -0.870. The fourth-order valence-corrected chi connectivity index (χ4v) is 1.17. The van der Waals surface area contributed by atoms with Crippen LogP contribution >= 0.6 is 0 Å². The van der Waals surface area contributed by atoms with Crippen molar-refractivity contribution in [1.29, 1.82) is 0 Å². The van der Waals surface area contributed by atoms with Gasteiger partial charge in [0.1, 0.15) is 5.82 Å². The predicted molar refractivity (Wildman–Crippen MR) is 51.3 cm³/mol. The molecule has 0 radical (unpaired) electrons. The van der Waals surface area contributed by atoms with Crippen molar-refractivity contribution in [3.63, 3.8) is 0 Å². The van der Waals surface area contributed by atoms with E-state index < -0.39 is 0 Å². The van der Waals surface area contributed by atoms with Crippen LogP contribution in [-0.4, -0.2) is 17.1 Å². The van der Waals surface area contributed by atoms with E-state index in [2.05, 4.69) is 9.97 Å². The fourth-order valence-electron chi connectivity index (χ4n) is 1.17. The van der Waals surface area contributed by atoms with Crippen molar-refractivity contribution in [2.75, 3.05) is 7.11 Å². The van der Waals surface area contributed by atoms with E-state index in [1.807, 2.05) is 13.8 Å². The molecule has 74 valence electrons. The average molecular weight is 183 g/mol. The van der Waals surface area contributed by atoms with Gasteiger partial charge in [-0.25, -0.2) is 4.98 Å². The van der Waals surface area contributed by atoms with Gasteiger partial charge in [-0.05, 0) is 13.3 Å². The summed E-state index contributed by atoms with van der Waals surface area (Å²) in [5.41, 5.74) is 7.83. The summed E-state index contributed by atoms with van der Waals surface area (Å²) in [6.45, 7) is 4.56. The van der Waals surface area contributed by atoms with Crippen LogP contribution in [0, 0.1) is 6.92 Å². The van der Waals surface area contributed by atoms with Gasteiger partial charge in [-0.2, -0.15) is 0 Å². The molecule has 0 aliphatic rings. The Balaban J connectivity index is 2.81. The predicted octanol–water partition coefficient (Wildman–Crippen LogP) is 1.27. The van der Waals surface area contributed by atoms with Crippen LogP contribution in [0.5, 0.6) is 0 Å². The quantitative estimate of drug-likeness (QED) is 0.739. The van der Waals surface area contributed by atoms with Crippen LogP contribution in [0.25, 0.3) is 0 Å². The molecule has 0 aliphatic carbocycles. The topological polar surface area (TPSA) is 63.9 Å². The lowest BCUT2D eigenvalue weighted by Gasteiger charge is -2.02. The first-order chi connectivity index (χ1) is 6.19. The number of nitrogens with one attached hydrogen (secondary N) is 1. The Kier molecular flexibility index (Phi) is 3.45. The number of hydrogen-bond acceptors (Lipinski definition) is 3. The summed E-state index contributed by atoms with van der Waals surface area (Å²) >= 11 is 0. The number of aromatic amines is 1. The van der Waals surface area contributed by atoms with Crippen molar-refractivity contribution in [1.82, 2.24) is 9.97 Å². The smallest absolute Gasteiger partial charge is 0.123 e. The molecule has 0 aliphatic heterocycles. The van der Waals surface area contributed by atoms with Crippen LogP contribution in [0.1, 0.15) is 36.6 Å². The van der Waals surface area contributed by atoms with Crippen molar-refractivity contribution in [3.8, 4) is 0 Å². The molecule has 1 aromatic rings. The molecular weight excluding hydrogens is 166 g/mol. The van der Waals surface area contributed by atoms with Gasteiger partial charge in [-0.1, -0.05) is 6.92 Å². The first kappa shape index (κ1) is 10.2. The Bertz CT molecular complexity index is 270. The summed E-state index contributed by atoms with van der Waals surface area (Å²) in [6.07, 6.45) is 0.888. The lowest BCUT2D eigenvalue weighted by atomic mass is 10.2. The molecule has 0 amide bonds. The summed E-state index contributed by atoms with van der Waals surface area (Å²) in [5, 5.41) is 0. The third-order valence-corrected chi connectivity index (χ3v) is 2.08. The van der Waals surface area contributed by atoms with Gasteiger partial charge in [0.05, 0.1) is 18.3 Å². The number of H-pyrrole nitrogens is 1. The minimum Gasteiger partial charge on any atom is -0.378 e. The van der Waals surface area contributed by atoms with E-state index >= 15 is 0 Å². The molecule has 4 heteroatoms. The number of methoxy groups -OCH3 is 1. The molecule has 4 nitrogen and oxygen atoms in total. The van der Waals surface area contributed by atoms with Gasteiger partial charge in [0.2, 0.25) is 0 Å². The number of imidazole rings is 1. The fraction of sp³-hybridized carbons (Fsp3) is 0.667. The summed E-state index contributed by atoms with van der Waals surface area (Å²) in [6, 6.07) is 0.00399. The zero-order valence-corrected chi connectivity index (χ0v) is 8.42. The standard InChI is InChI=1S/C9H17N3O/c1-4-7(10)9-11-6(2)8(12-9)5-13-3/h7H,4-5,10H2,1-3H3,(H,11,12). The maximum Gasteiger partial charge on any atom is 0.123 e. The third kappa shape index (κ3) is 2.29. The van der Waals surface area contributed by atoms with E-state index in [4.69, 9.17) is 10.5 Å². The number of aryl methyl sites for hydroxylation is 1. The van der Waals surface area contributed by atoms with E-state index in [0.29, 0.717) is 6.61 Å². The highest BCUT2D eigenvalue weighted by Gasteiger charge is 2.10. The van der Waals surface area contributed by atoms with Crippen molar-refractivity contribution in [2.45, 2.75) is 32.9 Å². The van der Waals surface area contributed by atoms with E-state index in [9.17, 15) is 0 Å². The highest BCUT2D eigenvalue weighted by atomic mass is 16.5. The molecule has 0 aromatic carbocycles. The number of nitrogens with zero attached hydrogens (tertiary/aromatic N) is 1. The minimum atomic E-state index is 0.00399. The van der Waals surface area contributed by atoms with Crippen LogP contribution < -0.4 is 5.73 Å². The van der Waals surface area contributed by atoms with E-state index in [1.54, 1.807) is 7.11 Å². The normalized spacial score (nSPS) is 13.2. The van der Waals surface area contributed by atoms with Crippen molar-refractivity contribution >= 4 is 0 Å². The molecule has 3 N–H and O–H groups in total. The van der Waals surface area contributed by atoms with Crippen LogP contribution in [0.15, 0.2) is 0 Å². The van der Waals surface area contributed by atoms with Gasteiger partial charge in [-0.3, -0.25) is 0 Å². The van der Waals surface area contributed by atoms with Gasteiger partial charge in [-0.15, -0.1) is 0 Å². The maximum absolute atomic E-state index is 5.84. The molecule has 0 spiro atoms. The summed E-state index contributed by atoms with van der Waals surface area (Å²) in [7, 11) is 1.66. The van der Waals surface area contributed by atoms with Crippen molar-refractivity contribution < 1.29 is 4.74 Å². The van der Waals surface area contributed by atoms with Gasteiger partial charge >= 0.3 is 0 Å². The third-order valence-electron chi connectivity index (χ3n) is 2.08. The Morgan fingerprint density at radius 1 is 1.62 bits per heavy atom. The maximum atomic E-state index is 5.84. The molecule has 0 bridgehead atoms. The molecule has 1 heterocycles. The van der Waals surface area contributed by atoms with E-state index in [-0.39, 0.29) is 6.04 Å². The van der Waals surface area contributed by atoms with Crippen LogP contribution in [0.4, 0.5) is 0 Å². The highest BCUT2D eigenvalue weighted by molar-refractivity contribution is 5.13. The molecule has 1 rings (SSSR count). The zero-order valence-electron chi connectivity index (χ0n) is 8.42. The van der Waals surface area contributed by atoms with Gasteiger partial charge in [0.15, 0.2) is 0 Å². The zero-order chi connectivity index (χ0) is 9.84. The minimum absolute atomic E-state index is 0.00399. The van der Waals surface area contributed by atoms with Gasteiger partial charge < -0.3 is 15.5 Å². The van der Waals surface area contributed by atoms with Crippen molar-refractivity contribution in [2.24, 2.45) is 5.73 Å². The van der Waals surface area contributed by atoms with E-state index in [0.717, 1.165) is 23.6 Å².